The SMILES string of the molecule is CC/C=C\C/C=C\C/C=C\C/C=C\C/C=C\CCCCCCOCC(COP(=O)(O)OCC(O)CO)OC(=O)CC/C=C\C/C=C\C/C=C\C/C=C\CC. The van der Waals surface area contributed by atoms with Gasteiger partial charge >= 0.3 is 13.8 Å². The molecule has 9 nitrogen and oxygen atoms in total. The molecule has 0 saturated carbocycles. The summed E-state index contributed by atoms with van der Waals surface area (Å²) in [4.78, 5) is 22.5. The van der Waals surface area contributed by atoms with Crippen molar-refractivity contribution in [1.82, 2.24) is 0 Å². The van der Waals surface area contributed by atoms with Gasteiger partial charge in [-0.1, -0.05) is 136 Å². The third-order valence-corrected chi connectivity index (χ3v) is 8.42. The predicted molar refractivity (Wildman–Crippen MR) is 223 cm³/mol. The Balaban J connectivity index is 4.37. The van der Waals surface area contributed by atoms with Crippen LogP contribution in [-0.2, 0) is 27.9 Å². The average Bonchev–Trinajstić information content (AvgIpc) is 3.16. The Morgan fingerprint density at radius 2 is 1.00 bits per heavy atom. The molecule has 0 aromatic rings. The normalized spacial score (nSPS) is 15.3. The number of carbonyl (C=O) groups is 1. The fourth-order valence-corrected chi connectivity index (χ4v) is 5.30. The fourth-order valence-electron chi connectivity index (χ4n) is 4.51. The summed E-state index contributed by atoms with van der Waals surface area (Å²) in [7, 11) is -4.55. The molecule has 0 radical (unpaired) electrons. The van der Waals surface area contributed by atoms with Crippen molar-refractivity contribution >= 4 is 13.8 Å². The smallest absolute Gasteiger partial charge is 0.457 e. The van der Waals surface area contributed by atoms with Crippen molar-refractivity contribution < 1.29 is 43.0 Å². The van der Waals surface area contributed by atoms with Crippen molar-refractivity contribution in [3.63, 3.8) is 0 Å². The van der Waals surface area contributed by atoms with Crippen molar-refractivity contribution in [3.8, 4) is 0 Å². The summed E-state index contributed by atoms with van der Waals surface area (Å²) in [6.07, 6.45) is 50.7. The third kappa shape index (κ3) is 38.8. The summed E-state index contributed by atoms with van der Waals surface area (Å²) in [6, 6.07) is 0. The standard InChI is InChI=1S/C44H71O9P/c1-3-5-7-9-11-13-15-17-18-19-20-21-22-23-25-27-29-31-33-35-37-50-40-43(41-52-54(48,49)51-39-42(46)38-45)53-44(47)36-34-32-30-28-26-24-16-14-12-10-8-6-4-2/h5-8,11-14,17-18,20-21,23-26,30,32,42-43,45-46H,3-4,9-10,15-16,19,22,27-29,31,33-41H2,1-2H3,(H,48,49)/b7-5-,8-6-,13-11-,14-12-,18-17-,21-20-,25-23-,26-24-,32-30-. The Kier molecular flexibility index (Phi) is 37.7. The number of rotatable bonds is 36. The number of carbonyl (C=O) groups excluding carboxylic acids is 1. The van der Waals surface area contributed by atoms with Crippen molar-refractivity contribution in [3.05, 3.63) is 109 Å². The Hall–Kier alpha value is -2.88. The van der Waals surface area contributed by atoms with Gasteiger partial charge in [-0.3, -0.25) is 13.8 Å². The fraction of sp³-hybridized carbons (Fsp3) is 0.568. The molecule has 0 aromatic carbocycles. The van der Waals surface area contributed by atoms with Crippen LogP contribution in [0.2, 0.25) is 0 Å². The van der Waals surface area contributed by atoms with Gasteiger partial charge in [0.15, 0.2) is 0 Å². The van der Waals surface area contributed by atoms with E-state index in [4.69, 9.17) is 23.6 Å². The maximum atomic E-state index is 12.5. The van der Waals surface area contributed by atoms with Crippen molar-refractivity contribution in [2.24, 2.45) is 0 Å². The highest BCUT2D eigenvalue weighted by Crippen LogP contribution is 2.43. The highest BCUT2D eigenvalue weighted by Gasteiger charge is 2.26. The van der Waals surface area contributed by atoms with Gasteiger partial charge in [-0.05, 0) is 83.5 Å². The summed E-state index contributed by atoms with van der Waals surface area (Å²) in [5, 5.41) is 18.3. The molecule has 306 valence electrons. The number of hydrogen-bond acceptors (Lipinski definition) is 8. The van der Waals surface area contributed by atoms with Gasteiger partial charge in [-0.25, -0.2) is 4.57 Å². The molecular weight excluding hydrogens is 703 g/mol. The molecule has 0 spiro atoms. The first-order chi connectivity index (χ1) is 26.3. The Morgan fingerprint density at radius 1 is 0.574 bits per heavy atom. The molecule has 0 rings (SSSR count). The molecule has 10 heteroatoms. The number of hydrogen-bond donors (Lipinski definition) is 3. The minimum atomic E-state index is -4.55. The van der Waals surface area contributed by atoms with E-state index < -0.39 is 45.8 Å². The van der Waals surface area contributed by atoms with Crippen LogP contribution in [0.3, 0.4) is 0 Å². The molecule has 54 heavy (non-hydrogen) atoms. The number of allylic oxidation sites excluding steroid dienone is 18. The molecule has 0 fully saturated rings. The number of phosphoric ester groups is 1. The van der Waals surface area contributed by atoms with Crippen LogP contribution in [-0.4, -0.2) is 66.3 Å². The van der Waals surface area contributed by atoms with Crippen LogP contribution in [0.4, 0.5) is 0 Å². The number of esters is 1. The van der Waals surface area contributed by atoms with E-state index in [0.717, 1.165) is 89.9 Å². The molecule has 0 bridgehead atoms. The van der Waals surface area contributed by atoms with Gasteiger partial charge in [-0.2, -0.15) is 0 Å². The molecule has 0 heterocycles. The second-order valence-corrected chi connectivity index (χ2v) is 14.0. The van der Waals surface area contributed by atoms with E-state index in [-0.39, 0.29) is 13.0 Å². The van der Waals surface area contributed by atoms with Crippen LogP contribution in [0, 0.1) is 0 Å². The number of aliphatic hydroxyl groups excluding tert-OH is 2. The molecular formula is C44H71O9P. The van der Waals surface area contributed by atoms with Crippen LogP contribution >= 0.6 is 7.82 Å². The first kappa shape index (κ1) is 51.1. The van der Waals surface area contributed by atoms with Gasteiger partial charge in [0.2, 0.25) is 0 Å². The summed E-state index contributed by atoms with van der Waals surface area (Å²) < 4.78 is 33.1. The van der Waals surface area contributed by atoms with Gasteiger partial charge in [0.05, 0.1) is 26.4 Å². The minimum Gasteiger partial charge on any atom is -0.457 e. The van der Waals surface area contributed by atoms with Gasteiger partial charge in [0.1, 0.15) is 12.2 Å². The number of unbranched alkanes of at least 4 members (excludes halogenated alkanes) is 4. The van der Waals surface area contributed by atoms with Crippen molar-refractivity contribution in [2.45, 2.75) is 129 Å². The zero-order valence-corrected chi connectivity index (χ0v) is 34.0. The zero-order valence-electron chi connectivity index (χ0n) is 33.1. The van der Waals surface area contributed by atoms with E-state index in [9.17, 15) is 19.4 Å². The monoisotopic (exact) mass is 774 g/mol. The first-order valence-corrected chi connectivity index (χ1v) is 21.4. The van der Waals surface area contributed by atoms with Gasteiger partial charge in [0, 0.05) is 13.0 Å². The number of ether oxygens (including phenoxy) is 2. The zero-order chi connectivity index (χ0) is 39.6. The van der Waals surface area contributed by atoms with E-state index in [1.54, 1.807) is 0 Å². The second kappa shape index (κ2) is 39.8. The Labute approximate surface area is 327 Å². The van der Waals surface area contributed by atoms with E-state index in [1.165, 1.54) is 0 Å². The molecule has 3 unspecified atom stereocenters. The van der Waals surface area contributed by atoms with Crippen molar-refractivity contribution in [2.75, 3.05) is 33.0 Å². The highest BCUT2D eigenvalue weighted by molar-refractivity contribution is 7.47. The summed E-state index contributed by atoms with van der Waals surface area (Å²) in [5.41, 5.74) is 0. The summed E-state index contributed by atoms with van der Waals surface area (Å²) in [6.45, 7) is 3.07. The molecule has 0 aliphatic rings. The van der Waals surface area contributed by atoms with Gasteiger partial charge < -0.3 is 24.6 Å². The van der Waals surface area contributed by atoms with Crippen LogP contribution in [0.1, 0.15) is 117 Å². The first-order valence-electron chi connectivity index (χ1n) is 19.9. The van der Waals surface area contributed by atoms with E-state index in [1.807, 2.05) is 12.2 Å². The lowest BCUT2D eigenvalue weighted by Crippen LogP contribution is -2.29. The lowest BCUT2D eigenvalue weighted by atomic mass is 10.1. The van der Waals surface area contributed by atoms with E-state index >= 15 is 0 Å². The summed E-state index contributed by atoms with van der Waals surface area (Å²) >= 11 is 0. The highest BCUT2D eigenvalue weighted by atomic mass is 31.2. The van der Waals surface area contributed by atoms with Gasteiger partial charge in [-0.15, -0.1) is 0 Å². The quantitative estimate of drug-likeness (QED) is 0.0246. The number of phosphoric acid groups is 1. The minimum absolute atomic E-state index is 0.00495. The van der Waals surface area contributed by atoms with E-state index in [2.05, 4.69) is 111 Å². The lowest BCUT2D eigenvalue weighted by Gasteiger charge is -2.20. The summed E-state index contributed by atoms with van der Waals surface area (Å²) in [5.74, 6) is -0.478. The Bertz CT molecular complexity index is 1200. The molecule has 0 aromatic heterocycles. The molecule has 0 amide bonds. The number of aliphatic hydroxyl groups is 2. The van der Waals surface area contributed by atoms with Crippen LogP contribution in [0.5, 0.6) is 0 Å². The maximum Gasteiger partial charge on any atom is 0.472 e. The molecule has 0 saturated heterocycles. The molecule has 3 N–H and O–H groups in total. The second-order valence-electron chi connectivity index (χ2n) is 12.5. The van der Waals surface area contributed by atoms with Gasteiger partial charge in [0.25, 0.3) is 0 Å². The molecule has 3 atom stereocenters. The average molecular weight is 775 g/mol. The van der Waals surface area contributed by atoms with Crippen LogP contribution < -0.4 is 0 Å². The van der Waals surface area contributed by atoms with Crippen LogP contribution in [0.15, 0.2) is 109 Å². The van der Waals surface area contributed by atoms with Crippen molar-refractivity contribution in [1.29, 1.82) is 0 Å². The van der Waals surface area contributed by atoms with Crippen LogP contribution in [0.25, 0.3) is 0 Å². The Morgan fingerprint density at radius 3 is 1.48 bits per heavy atom. The topological polar surface area (TPSA) is 132 Å². The van der Waals surface area contributed by atoms with E-state index in [0.29, 0.717) is 13.0 Å². The lowest BCUT2D eigenvalue weighted by molar-refractivity contribution is -0.154. The predicted octanol–water partition coefficient (Wildman–Crippen LogP) is 10.7. The maximum absolute atomic E-state index is 12.5. The third-order valence-electron chi connectivity index (χ3n) is 7.47. The largest absolute Gasteiger partial charge is 0.472 e. The molecule has 0 aliphatic carbocycles. The molecule has 0 aliphatic heterocycles.